The van der Waals surface area contributed by atoms with Crippen LogP contribution in [0.15, 0.2) is 34.7 Å². The third kappa shape index (κ3) is 8.30. The first-order valence-corrected chi connectivity index (χ1v) is 17.0. The van der Waals surface area contributed by atoms with E-state index in [1.807, 2.05) is 32.0 Å². The molecule has 41 heavy (non-hydrogen) atoms. The Kier molecular flexibility index (Phi) is 10.5. The van der Waals surface area contributed by atoms with Crippen molar-refractivity contribution in [2.24, 2.45) is 0 Å². The molecule has 0 atom stereocenters. The standard InChI is InChI=1S/C29H41N5O6Si/c1-10-24(36)34(16-15-33(3)4)29-31-27(37-5)26(28(32-29)38-6)30-23(35)17-20-12-14-25(39-20)40-22-18-21(41(7,8)9)13-11-19(22)2/h11-14,18H,10,15-17H2,1-9H3,(H,30,35). The van der Waals surface area contributed by atoms with E-state index in [1.54, 1.807) is 19.1 Å². The number of likely N-dealkylation sites (N-methyl/N-ethyl adjacent to an activating group) is 1. The molecule has 222 valence electrons. The van der Waals surface area contributed by atoms with Gasteiger partial charge in [0.05, 0.1) is 28.7 Å². The van der Waals surface area contributed by atoms with E-state index in [9.17, 15) is 9.59 Å². The second-order valence-electron chi connectivity index (χ2n) is 10.9. The predicted octanol–water partition coefficient (Wildman–Crippen LogP) is 4.22. The first kappa shape index (κ1) is 31.6. The highest BCUT2D eigenvalue weighted by Crippen LogP contribution is 2.34. The lowest BCUT2D eigenvalue weighted by Crippen LogP contribution is -2.37. The number of anilines is 2. The highest BCUT2D eigenvalue weighted by molar-refractivity contribution is 6.88. The first-order valence-electron chi connectivity index (χ1n) is 13.5. The fraction of sp³-hybridized carbons (Fsp3) is 0.448. The predicted molar refractivity (Wildman–Crippen MR) is 162 cm³/mol. The number of aromatic nitrogens is 2. The number of benzene rings is 1. The van der Waals surface area contributed by atoms with Gasteiger partial charge in [0, 0.05) is 25.6 Å². The van der Waals surface area contributed by atoms with Gasteiger partial charge in [0.2, 0.25) is 29.5 Å². The molecular weight excluding hydrogens is 542 g/mol. The van der Waals surface area contributed by atoms with Crippen molar-refractivity contribution >= 4 is 36.7 Å². The molecule has 0 saturated heterocycles. The number of nitrogens with one attached hydrogen (secondary N) is 1. The highest BCUT2D eigenvalue weighted by atomic mass is 28.3. The molecule has 0 aliphatic heterocycles. The van der Waals surface area contributed by atoms with E-state index in [0.717, 1.165) is 11.3 Å². The number of carbonyl (C=O) groups excluding carboxylic acids is 2. The van der Waals surface area contributed by atoms with Crippen LogP contribution in [0.1, 0.15) is 24.7 Å². The molecule has 0 saturated carbocycles. The van der Waals surface area contributed by atoms with E-state index in [1.165, 1.54) is 24.3 Å². The van der Waals surface area contributed by atoms with Gasteiger partial charge in [-0.1, -0.05) is 43.9 Å². The van der Waals surface area contributed by atoms with Crippen molar-refractivity contribution in [3.05, 3.63) is 41.7 Å². The van der Waals surface area contributed by atoms with Crippen LogP contribution in [-0.4, -0.2) is 76.2 Å². The van der Waals surface area contributed by atoms with Gasteiger partial charge in [-0.2, -0.15) is 9.97 Å². The molecule has 3 aromatic rings. The summed E-state index contributed by atoms with van der Waals surface area (Å²) in [4.78, 5) is 37.9. The smallest absolute Gasteiger partial charge is 0.290 e. The van der Waals surface area contributed by atoms with Gasteiger partial charge in [0.25, 0.3) is 5.95 Å². The lowest BCUT2D eigenvalue weighted by Gasteiger charge is -2.23. The van der Waals surface area contributed by atoms with Gasteiger partial charge >= 0.3 is 0 Å². The second-order valence-corrected chi connectivity index (χ2v) is 16.0. The molecule has 12 heteroatoms. The van der Waals surface area contributed by atoms with E-state index < -0.39 is 14.0 Å². The lowest BCUT2D eigenvalue weighted by atomic mass is 10.2. The highest BCUT2D eigenvalue weighted by Gasteiger charge is 2.25. The number of nitrogens with zero attached hydrogens (tertiary/aromatic N) is 4. The largest absolute Gasteiger partial charge is 0.479 e. The number of methoxy groups -OCH3 is 2. The lowest BCUT2D eigenvalue weighted by molar-refractivity contribution is -0.118. The Labute approximate surface area is 242 Å². The summed E-state index contributed by atoms with van der Waals surface area (Å²) < 4.78 is 22.7. The maximum Gasteiger partial charge on any atom is 0.290 e. The van der Waals surface area contributed by atoms with Crippen LogP contribution in [0, 0.1) is 6.92 Å². The summed E-state index contributed by atoms with van der Waals surface area (Å²) in [6.45, 7) is 11.6. The quantitative estimate of drug-likeness (QED) is 0.295. The second kappa shape index (κ2) is 13.6. The summed E-state index contributed by atoms with van der Waals surface area (Å²) in [6, 6.07) is 9.64. The van der Waals surface area contributed by atoms with E-state index in [2.05, 4.69) is 47.1 Å². The fourth-order valence-corrected chi connectivity index (χ4v) is 5.04. The van der Waals surface area contributed by atoms with Crippen molar-refractivity contribution in [2.75, 3.05) is 51.6 Å². The van der Waals surface area contributed by atoms with Gasteiger partial charge in [0.1, 0.15) is 11.5 Å². The molecule has 0 spiro atoms. The summed E-state index contributed by atoms with van der Waals surface area (Å²) in [5.74, 6) is 1.16. The molecule has 1 N–H and O–H groups in total. The van der Waals surface area contributed by atoms with Crippen molar-refractivity contribution in [1.82, 2.24) is 14.9 Å². The monoisotopic (exact) mass is 583 g/mol. The number of ether oxygens (including phenoxy) is 3. The van der Waals surface area contributed by atoms with Gasteiger partial charge in [-0.25, -0.2) is 0 Å². The molecule has 2 amide bonds. The number of hydrogen-bond acceptors (Lipinski definition) is 9. The van der Waals surface area contributed by atoms with Crippen LogP contribution in [0.4, 0.5) is 11.6 Å². The topological polar surface area (TPSA) is 119 Å². The minimum atomic E-state index is -1.52. The van der Waals surface area contributed by atoms with Crippen molar-refractivity contribution in [3.8, 4) is 23.5 Å². The maximum atomic E-state index is 13.0. The van der Waals surface area contributed by atoms with Crippen LogP contribution < -0.4 is 29.6 Å². The number of aryl methyl sites for hydroxylation is 1. The molecule has 0 aliphatic rings. The Balaban J connectivity index is 1.78. The van der Waals surface area contributed by atoms with Crippen molar-refractivity contribution in [3.63, 3.8) is 0 Å². The number of rotatable bonds is 13. The van der Waals surface area contributed by atoms with E-state index in [0.29, 0.717) is 24.8 Å². The summed E-state index contributed by atoms with van der Waals surface area (Å²) >= 11 is 0. The van der Waals surface area contributed by atoms with Crippen LogP contribution in [0.2, 0.25) is 19.6 Å². The average Bonchev–Trinajstić information content (AvgIpc) is 3.35. The Bertz CT molecular complexity index is 1340. The zero-order chi connectivity index (χ0) is 30.3. The molecule has 0 unspecified atom stereocenters. The normalized spacial score (nSPS) is 11.4. The third-order valence-electron chi connectivity index (χ3n) is 6.33. The van der Waals surface area contributed by atoms with E-state index in [4.69, 9.17) is 18.6 Å². The Morgan fingerprint density at radius 3 is 2.22 bits per heavy atom. The molecule has 0 bridgehead atoms. The molecule has 0 aliphatic carbocycles. The number of carbonyl (C=O) groups is 2. The first-order chi connectivity index (χ1) is 19.4. The van der Waals surface area contributed by atoms with Gasteiger partial charge in [-0.05, 0) is 38.7 Å². The van der Waals surface area contributed by atoms with Crippen LogP contribution >= 0.6 is 0 Å². The fourth-order valence-electron chi connectivity index (χ4n) is 3.89. The van der Waals surface area contributed by atoms with Gasteiger partial charge in [-0.3, -0.25) is 14.5 Å². The molecule has 1 aromatic carbocycles. The summed E-state index contributed by atoms with van der Waals surface area (Å²) in [5.41, 5.74) is 1.15. The van der Waals surface area contributed by atoms with Crippen LogP contribution in [-0.2, 0) is 16.0 Å². The Morgan fingerprint density at radius 1 is 1.00 bits per heavy atom. The van der Waals surface area contributed by atoms with E-state index >= 15 is 0 Å². The molecule has 2 heterocycles. The van der Waals surface area contributed by atoms with Gasteiger partial charge < -0.3 is 28.8 Å². The summed E-state index contributed by atoms with van der Waals surface area (Å²) in [5, 5.41) is 4.04. The Hall–Kier alpha value is -3.90. The molecule has 3 rings (SSSR count). The summed E-state index contributed by atoms with van der Waals surface area (Å²) in [6.07, 6.45) is 0.201. The number of hydrogen-bond donors (Lipinski definition) is 1. The van der Waals surface area contributed by atoms with Crippen LogP contribution in [0.5, 0.6) is 23.5 Å². The average molecular weight is 584 g/mol. The zero-order valence-electron chi connectivity index (χ0n) is 25.5. The van der Waals surface area contributed by atoms with Crippen molar-refractivity contribution < 1.29 is 28.2 Å². The van der Waals surface area contributed by atoms with Gasteiger partial charge in [0.15, 0.2) is 5.69 Å². The molecule has 2 aromatic heterocycles. The third-order valence-corrected chi connectivity index (χ3v) is 8.38. The molecular formula is C29H41N5O6Si. The minimum Gasteiger partial charge on any atom is -0.479 e. The van der Waals surface area contributed by atoms with Crippen molar-refractivity contribution in [1.29, 1.82) is 0 Å². The molecule has 0 fully saturated rings. The Morgan fingerprint density at radius 2 is 1.66 bits per heavy atom. The van der Waals surface area contributed by atoms with E-state index in [-0.39, 0.29) is 42.1 Å². The van der Waals surface area contributed by atoms with Crippen LogP contribution in [0.25, 0.3) is 0 Å². The summed E-state index contributed by atoms with van der Waals surface area (Å²) in [7, 11) is 5.15. The molecule has 0 radical (unpaired) electrons. The minimum absolute atomic E-state index is 0.0696. The zero-order valence-corrected chi connectivity index (χ0v) is 26.5. The maximum absolute atomic E-state index is 13.0. The SMILES string of the molecule is CCC(=O)N(CCN(C)C)c1nc(OC)c(NC(=O)Cc2ccc(Oc3cc([Si](C)(C)C)ccc3C)o2)c(OC)n1. The molecule has 11 nitrogen and oxygen atoms in total. The van der Waals surface area contributed by atoms with Crippen LogP contribution in [0.3, 0.4) is 0 Å². The van der Waals surface area contributed by atoms with Crippen molar-refractivity contribution in [2.45, 2.75) is 46.3 Å². The number of amides is 2. The van der Waals surface area contributed by atoms with Gasteiger partial charge in [-0.15, -0.1) is 0 Å². The number of furan rings is 1.